The van der Waals surface area contributed by atoms with Crippen molar-refractivity contribution in [1.29, 1.82) is 0 Å². The Morgan fingerprint density at radius 1 is 1.07 bits per heavy atom. The molecule has 0 atom stereocenters. The van der Waals surface area contributed by atoms with Crippen LogP contribution in [0, 0.1) is 5.41 Å². The van der Waals surface area contributed by atoms with Crippen molar-refractivity contribution in [3.8, 4) is 0 Å². The Kier molecular flexibility index (Phi) is 4.90. The molecule has 2 heteroatoms. The van der Waals surface area contributed by atoms with Gasteiger partial charge in [-0.15, -0.1) is 0 Å². The zero-order valence-corrected chi connectivity index (χ0v) is 10.0. The standard InChI is InChI=1S/C12H26N2/c1-12(2,3)7-10-13-8-4-9-14-11-5-6-11/h11,13-14H,4-10H2,1-3H3. The summed E-state index contributed by atoms with van der Waals surface area (Å²) in [6.45, 7) is 10.4. The van der Waals surface area contributed by atoms with E-state index < -0.39 is 0 Å². The third-order valence-corrected chi connectivity index (χ3v) is 2.59. The van der Waals surface area contributed by atoms with Crippen LogP contribution in [0.15, 0.2) is 0 Å². The van der Waals surface area contributed by atoms with Crippen LogP contribution in [0.4, 0.5) is 0 Å². The summed E-state index contributed by atoms with van der Waals surface area (Å²) in [7, 11) is 0. The van der Waals surface area contributed by atoms with E-state index >= 15 is 0 Å². The van der Waals surface area contributed by atoms with E-state index in [4.69, 9.17) is 0 Å². The normalized spacial score (nSPS) is 17.4. The lowest BCUT2D eigenvalue weighted by Crippen LogP contribution is -2.25. The highest BCUT2D eigenvalue weighted by atomic mass is 14.9. The summed E-state index contributed by atoms with van der Waals surface area (Å²) >= 11 is 0. The Bertz CT molecular complexity index is 145. The fourth-order valence-electron chi connectivity index (χ4n) is 1.40. The third kappa shape index (κ3) is 7.34. The SMILES string of the molecule is CC(C)(C)CCNCCCNC1CC1. The van der Waals surface area contributed by atoms with Crippen LogP contribution in [0.1, 0.15) is 46.5 Å². The zero-order valence-electron chi connectivity index (χ0n) is 10.0. The maximum atomic E-state index is 3.52. The van der Waals surface area contributed by atoms with Gasteiger partial charge in [-0.05, 0) is 50.7 Å². The summed E-state index contributed by atoms with van der Waals surface area (Å²) in [5.41, 5.74) is 0.471. The Morgan fingerprint density at radius 3 is 2.36 bits per heavy atom. The predicted octanol–water partition coefficient (Wildman–Crippen LogP) is 2.15. The predicted molar refractivity (Wildman–Crippen MR) is 62.6 cm³/mol. The van der Waals surface area contributed by atoms with Gasteiger partial charge in [-0.3, -0.25) is 0 Å². The van der Waals surface area contributed by atoms with Gasteiger partial charge in [0.05, 0.1) is 0 Å². The van der Waals surface area contributed by atoms with Crippen LogP contribution in [-0.4, -0.2) is 25.7 Å². The molecule has 1 aliphatic rings. The lowest BCUT2D eigenvalue weighted by atomic mass is 9.92. The van der Waals surface area contributed by atoms with E-state index in [2.05, 4.69) is 31.4 Å². The van der Waals surface area contributed by atoms with Crippen molar-refractivity contribution in [3.63, 3.8) is 0 Å². The van der Waals surface area contributed by atoms with Crippen LogP contribution < -0.4 is 10.6 Å². The molecule has 0 bridgehead atoms. The highest BCUT2D eigenvalue weighted by Gasteiger charge is 2.19. The van der Waals surface area contributed by atoms with Crippen molar-refractivity contribution in [1.82, 2.24) is 10.6 Å². The monoisotopic (exact) mass is 198 g/mol. The minimum absolute atomic E-state index is 0.471. The van der Waals surface area contributed by atoms with Crippen LogP contribution in [0.2, 0.25) is 0 Å². The van der Waals surface area contributed by atoms with Crippen LogP contribution in [-0.2, 0) is 0 Å². The largest absolute Gasteiger partial charge is 0.317 e. The minimum Gasteiger partial charge on any atom is -0.317 e. The number of rotatable bonds is 7. The Morgan fingerprint density at radius 2 is 1.79 bits per heavy atom. The van der Waals surface area contributed by atoms with Gasteiger partial charge in [0.2, 0.25) is 0 Å². The average molecular weight is 198 g/mol. The molecule has 0 radical (unpaired) electrons. The van der Waals surface area contributed by atoms with E-state index in [-0.39, 0.29) is 0 Å². The average Bonchev–Trinajstić information content (AvgIpc) is 2.84. The molecule has 0 amide bonds. The molecule has 0 unspecified atom stereocenters. The smallest absolute Gasteiger partial charge is 0.00682 e. The second-order valence-electron chi connectivity index (χ2n) is 5.64. The molecule has 0 spiro atoms. The van der Waals surface area contributed by atoms with Crippen LogP contribution >= 0.6 is 0 Å². The van der Waals surface area contributed by atoms with Crippen molar-refractivity contribution in [2.24, 2.45) is 5.41 Å². The molecule has 0 saturated heterocycles. The zero-order chi connectivity index (χ0) is 10.4. The van der Waals surface area contributed by atoms with Crippen molar-refractivity contribution in [3.05, 3.63) is 0 Å². The van der Waals surface area contributed by atoms with Gasteiger partial charge in [0.25, 0.3) is 0 Å². The molecule has 14 heavy (non-hydrogen) atoms. The van der Waals surface area contributed by atoms with Gasteiger partial charge in [0, 0.05) is 6.04 Å². The summed E-state index contributed by atoms with van der Waals surface area (Å²) in [5, 5.41) is 7.02. The van der Waals surface area contributed by atoms with Crippen molar-refractivity contribution < 1.29 is 0 Å². The molecular formula is C12H26N2. The second kappa shape index (κ2) is 5.72. The summed E-state index contributed by atoms with van der Waals surface area (Å²) < 4.78 is 0. The highest BCUT2D eigenvalue weighted by molar-refractivity contribution is 4.80. The molecule has 0 aromatic rings. The van der Waals surface area contributed by atoms with Crippen LogP contribution in [0.25, 0.3) is 0 Å². The van der Waals surface area contributed by atoms with Crippen LogP contribution in [0.3, 0.4) is 0 Å². The van der Waals surface area contributed by atoms with E-state index in [0.717, 1.165) is 19.1 Å². The number of nitrogens with one attached hydrogen (secondary N) is 2. The molecule has 0 aliphatic heterocycles. The molecule has 2 nitrogen and oxygen atoms in total. The quantitative estimate of drug-likeness (QED) is 0.613. The van der Waals surface area contributed by atoms with Crippen molar-refractivity contribution in [2.75, 3.05) is 19.6 Å². The molecule has 0 heterocycles. The molecule has 1 aliphatic carbocycles. The first kappa shape index (κ1) is 12.0. The van der Waals surface area contributed by atoms with Gasteiger partial charge < -0.3 is 10.6 Å². The molecule has 1 fully saturated rings. The molecule has 84 valence electrons. The maximum absolute atomic E-state index is 3.52. The topological polar surface area (TPSA) is 24.1 Å². The van der Waals surface area contributed by atoms with E-state index in [1.54, 1.807) is 0 Å². The number of hydrogen-bond acceptors (Lipinski definition) is 2. The molecule has 1 saturated carbocycles. The third-order valence-electron chi connectivity index (χ3n) is 2.59. The fraction of sp³-hybridized carbons (Fsp3) is 1.00. The van der Waals surface area contributed by atoms with Gasteiger partial charge >= 0.3 is 0 Å². The first-order valence-corrected chi connectivity index (χ1v) is 6.02. The molecule has 1 rings (SSSR count). The second-order valence-corrected chi connectivity index (χ2v) is 5.64. The number of hydrogen-bond donors (Lipinski definition) is 2. The molecule has 0 aromatic carbocycles. The minimum atomic E-state index is 0.471. The van der Waals surface area contributed by atoms with E-state index in [0.29, 0.717) is 5.41 Å². The molecular weight excluding hydrogens is 172 g/mol. The summed E-state index contributed by atoms with van der Waals surface area (Å²) in [5.74, 6) is 0. The van der Waals surface area contributed by atoms with Crippen molar-refractivity contribution >= 4 is 0 Å². The summed E-state index contributed by atoms with van der Waals surface area (Å²) in [4.78, 5) is 0. The first-order valence-electron chi connectivity index (χ1n) is 6.02. The van der Waals surface area contributed by atoms with E-state index in [9.17, 15) is 0 Å². The van der Waals surface area contributed by atoms with Crippen molar-refractivity contribution in [2.45, 2.75) is 52.5 Å². The lowest BCUT2D eigenvalue weighted by molar-refractivity contribution is 0.366. The van der Waals surface area contributed by atoms with E-state index in [1.165, 1.54) is 32.2 Å². The molecule has 2 N–H and O–H groups in total. The van der Waals surface area contributed by atoms with Crippen LogP contribution in [0.5, 0.6) is 0 Å². The van der Waals surface area contributed by atoms with Gasteiger partial charge in [0.1, 0.15) is 0 Å². The van der Waals surface area contributed by atoms with Gasteiger partial charge in [-0.1, -0.05) is 20.8 Å². The Labute approximate surface area is 88.8 Å². The highest BCUT2D eigenvalue weighted by Crippen LogP contribution is 2.18. The van der Waals surface area contributed by atoms with Gasteiger partial charge in [0.15, 0.2) is 0 Å². The maximum Gasteiger partial charge on any atom is 0.00682 e. The lowest BCUT2D eigenvalue weighted by Gasteiger charge is -2.18. The fourth-order valence-corrected chi connectivity index (χ4v) is 1.40. The molecule has 0 aromatic heterocycles. The van der Waals surface area contributed by atoms with Gasteiger partial charge in [-0.25, -0.2) is 0 Å². The first-order chi connectivity index (χ1) is 6.58. The Hall–Kier alpha value is -0.0800. The Balaban J connectivity index is 1.75. The van der Waals surface area contributed by atoms with E-state index in [1.807, 2.05) is 0 Å². The van der Waals surface area contributed by atoms with Gasteiger partial charge in [-0.2, -0.15) is 0 Å². The summed E-state index contributed by atoms with van der Waals surface area (Å²) in [6.07, 6.45) is 5.33. The summed E-state index contributed by atoms with van der Waals surface area (Å²) in [6, 6.07) is 0.865.